The molecular formula is C12H22ClN3O3S. The Morgan fingerprint density at radius 2 is 2.00 bits per heavy atom. The number of halogens is 1. The molecule has 0 unspecified atom stereocenters. The molecule has 0 aromatic heterocycles. The number of carbonyl (C=O) groups is 3. The van der Waals surface area contributed by atoms with Crippen molar-refractivity contribution in [3.8, 4) is 0 Å². The summed E-state index contributed by atoms with van der Waals surface area (Å²) in [7, 11) is 0. The molecule has 1 aliphatic heterocycles. The molecule has 0 aromatic rings. The Kier molecular flexibility index (Phi) is 8.15. The molecule has 3 amide bonds. The largest absolute Gasteiger partial charge is 0.354 e. The van der Waals surface area contributed by atoms with E-state index in [1.165, 1.54) is 4.90 Å². The van der Waals surface area contributed by atoms with Gasteiger partial charge >= 0.3 is 0 Å². The van der Waals surface area contributed by atoms with Gasteiger partial charge in [-0.15, -0.1) is 12.4 Å². The second-order valence-corrected chi connectivity index (χ2v) is 5.47. The van der Waals surface area contributed by atoms with E-state index in [-0.39, 0.29) is 48.3 Å². The molecule has 0 saturated carbocycles. The molecule has 1 fully saturated rings. The summed E-state index contributed by atoms with van der Waals surface area (Å²) in [6.07, 6.45) is 1.34. The number of hydrogen-bond donors (Lipinski definition) is 2. The van der Waals surface area contributed by atoms with E-state index in [1.54, 1.807) is 0 Å². The van der Waals surface area contributed by atoms with Crippen molar-refractivity contribution < 1.29 is 14.4 Å². The first kappa shape index (κ1) is 19.2. The molecule has 6 nitrogen and oxygen atoms in total. The van der Waals surface area contributed by atoms with E-state index in [9.17, 15) is 14.4 Å². The Morgan fingerprint density at radius 1 is 1.40 bits per heavy atom. The molecule has 1 saturated heterocycles. The number of imide groups is 1. The fraction of sp³-hybridized carbons (Fsp3) is 0.750. The van der Waals surface area contributed by atoms with Gasteiger partial charge in [-0.1, -0.05) is 25.6 Å². The molecule has 1 heterocycles. The minimum atomic E-state index is -0.548. The van der Waals surface area contributed by atoms with Gasteiger partial charge in [0.25, 0.3) is 5.24 Å². The lowest BCUT2D eigenvalue weighted by Gasteiger charge is -2.28. The predicted molar refractivity (Wildman–Crippen MR) is 81.9 cm³/mol. The van der Waals surface area contributed by atoms with Crippen molar-refractivity contribution in [1.82, 2.24) is 10.2 Å². The normalized spacial score (nSPS) is 15.2. The summed E-state index contributed by atoms with van der Waals surface area (Å²) >= 11 is 0.996. The van der Waals surface area contributed by atoms with Crippen molar-refractivity contribution in [3.63, 3.8) is 0 Å². The Morgan fingerprint density at radius 3 is 2.40 bits per heavy atom. The molecule has 0 radical (unpaired) electrons. The average Bonchev–Trinajstić information content (AvgIpc) is 2.73. The van der Waals surface area contributed by atoms with Crippen molar-refractivity contribution in [2.75, 3.05) is 25.4 Å². The monoisotopic (exact) mass is 323 g/mol. The van der Waals surface area contributed by atoms with Gasteiger partial charge in [0.05, 0.1) is 11.2 Å². The Hall–Kier alpha value is -0.790. The van der Waals surface area contributed by atoms with Crippen molar-refractivity contribution in [2.45, 2.75) is 26.7 Å². The summed E-state index contributed by atoms with van der Waals surface area (Å²) in [6, 6.07) is 0. The van der Waals surface area contributed by atoms with Gasteiger partial charge < -0.3 is 11.1 Å². The van der Waals surface area contributed by atoms with Gasteiger partial charge in [-0.05, 0) is 12.8 Å². The zero-order valence-electron chi connectivity index (χ0n) is 11.8. The summed E-state index contributed by atoms with van der Waals surface area (Å²) in [5.74, 6) is -0.101. The summed E-state index contributed by atoms with van der Waals surface area (Å²) in [6.45, 7) is 4.66. The molecule has 0 aromatic carbocycles. The zero-order chi connectivity index (χ0) is 14.5. The van der Waals surface area contributed by atoms with Gasteiger partial charge in [0.15, 0.2) is 0 Å². The first-order chi connectivity index (χ1) is 9.00. The van der Waals surface area contributed by atoms with Crippen molar-refractivity contribution in [2.24, 2.45) is 11.1 Å². The highest BCUT2D eigenvalue weighted by molar-refractivity contribution is 8.14. The van der Waals surface area contributed by atoms with Crippen molar-refractivity contribution >= 4 is 41.2 Å². The maximum absolute atomic E-state index is 12.1. The van der Waals surface area contributed by atoms with Crippen LogP contribution >= 0.6 is 24.2 Å². The number of carbonyl (C=O) groups excluding carboxylic acids is 3. The maximum Gasteiger partial charge on any atom is 0.288 e. The van der Waals surface area contributed by atoms with Crippen LogP contribution in [0.4, 0.5) is 4.79 Å². The SMILES string of the molecule is CCC(CC)(CN)C(=O)NCCN1C(=O)CSC1=O.Cl. The number of rotatable bonds is 7. The summed E-state index contributed by atoms with van der Waals surface area (Å²) in [5.41, 5.74) is 5.14. The van der Waals surface area contributed by atoms with Gasteiger partial charge in [0, 0.05) is 19.6 Å². The Bertz CT molecular complexity index is 351. The third-order valence-electron chi connectivity index (χ3n) is 3.69. The van der Waals surface area contributed by atoms with Crippen molar-refractivity contribution in [3.05, 3.63) is 0 Å². The van der Waals surface area contributed by atoms with Crippen LogP contribution in [0.3, 0.4) is 0 Å². The van der Waals surface area contributed by atoms with E-state index in [2.05, 4.69) is 5.32 Å². The van der Waals surface area contributed by atoms with E-state index in [0.29, 0.717) is 19.4 Å². The molecule has 8 heteroatoms. The van der Waals surface area contributed by atoms with E-state index in [0.717, 1.165) is 11.8 Å². The molecular weight excluding hydrogens is 302 g/mol. The lowest BCUT2D eigenvalue weighted by Crippen LogP contribution is -2.47. The van der Waals surface area contributed by atoms with Gasteiger partial charge in [-0.3, -0.25) is 19.3 Å². The molecule has 0 atom stereocenters. The standard InChI is InChI=1S/C12H21N3O3S.ClH/c1-3-12(4-2,8-13)10(17)14-5-6-15-9(16)7-19-11(15)18;/h3-8,13H2,1-2H3,(H,14,17);1H. The second kappa shape index (κ2) is 8.49. The van der Waals surface area contributed by atoms with Gasteiger partial charge in [-0.2, -0.15) is 0 Å². The zero-order valence-corrected chi connectivity index (χ0v) is 13.4. The highest BCUT2D eigenvalue weighted by Crippen LogP contribution is 2.25. The first-order valence-corrected chi connectivity index (χ1v) is 7.44. The summed E-state index contributed by atoms with van der Waals surface area (Å²) in [4.78, 5) is 36.0. The van der Waals surface area contributed by atoms with Crippen molar-refractivity contribution in [1.29, 1.82) is 0 Å². The maximum atomic E-state index is 12.1. The summed E-state index contributed by atoms with van der Waals surface area (Å²) < 4.78 is 0. The van der Waals surface area contributed by atoms with Crippen LogP contribution in [0, 0.1) is 5.41 Å². The quantitative estimate of drug-likeness (QED) is 0.728. The lowest BCUT2D eigenvalue weighted by molar-refractivity contribution is -0.131. The van der Waals surface area contributed by atoms with Crippen LogP contribution in [0.5, 0.6) is 0 Å². The van der Waals surface area contributed by atoms with Crippen LogP contribution in [0.2, 0.25) is 0 Å². The number of amides is 3. The lowest BCUT2D eigenvalue weighted by atomic mass is 9.81. The van der Waals surface area contributed by atoms with Crippen LogP contribution in [-0.4, -0.2) is 47.3 Å². The number of nitrogens with zero attached hydrogens (tertiary/aromatic N) is 1. The third kappa shape index (κ3) is 4.10. The fourth-order valence-corrected chi connectivity index (χ4v) is 2.77. The van der Waals surface area contributed by atoms with E-state index >= 15 is 0 Å². The van der Waals surface area contributed by atoms with Gasteiger partial charge in [0.2, 0.25) is 11.8 Å². The third-order valence-corrected chi connectivity index (χ3v) is 4.55. The number of nitrogens with two attached hydrogens (primary N) is 1. The number of hydrogen-bond acceptors (Lipinski definition) is 5. The first-order valence-electron chi connectivity index (χ1n) is 6.46. The Labute approximate surface area is 129 Å². The van der Waals surface area contributed by atoms with Gasteiger partial charge in [-0.25, -0.2) is 0 Å². The highest BCUT2D eigenvalue weighted by atomic mass is 35.5. The molecule has 3 N–H and O–H groups in total. The minimum Gasteiger partial charge on any atom is -0.354 e. The average molecular weight is 324 g/mol. The van der Waals surface area contributed by atoms with Gasteiger partial charge in [0.1, 0.15) is 0 Å². The van der Waals surface area contributed by atoms with E-state index < -0.39 is 5.41 Å². The summed E-state index contributed by atoms with van der Waals surface area (Å²) in [5, 5.41) is 2.53. The van der Waals surface area contributed by atoms with E-state index in [4.69, 9.17) is 5.73 Å². The second-order valence-electron chi connectivity index (χ2n) is 4.55. The molecule has 0 aliphatic carbocycles. The van der Waals surface area contributed by atoms with Crippen LogP contribution in [-0.2, 0) is 9.59 Å². The number of nitrogens with one attached hydrogen (secondary N) is 1. The van der Waals surface area contributed by atoms with Crippen LogP contribution < -0.4 is 11.1 Å². The topological polar surface area (TPSA) is 92.5 Å². The van der Waals surface area contributed by atoms with Crippen LogP contribution in [0.1, 0.15) is 26.7 Å². The Balaban J connectivity index is 0.00000361. The molecule has 1 aliphatic rings. The predicted octanol–water partition coefficient (Wildman–Crippen LogP) is 0.985. The molecule has 1 rings (SSSR count). The van der Waals surface area contributed by atoms with E-state index in [1.807, 2.05) is 13.8 Å². The van der Waals surface area contributed by atoms with Crippen LogP contribution in [0.15, 0.2) is 0 Å². The minimum absolute atomic E-state index is 0. The number of thioether (sulfide) groups is 1. The molecule has 0 spiro atoms. The fourth-order valence-electron chi connectivity index (χ4n) is 2.02. The highest BCUT2D eigenvalue weighted by Gasteiger charge is 2.34. The smallest absolute Gasteiger partial charge is 0.288 e. The van der Waals surface area contributed by atoms with Crippen LogP contribution in [0.25, 0.3) is 0 Å². The molecule has 116 valence electrons. The molecule has 0 bridgehead atoms. The molecule has 20 heavy (non-hydrogen) atoms.